The molecule has 0 radical (unpaired) electrons. The summed E-state index contributed by atoms with van der Waals surface area (Å²) in [5.41, 5.74) is -1.91. The maximum atomic E-state index is 13.2. The molecule has 1 aromatic carbocycles. The molecule has 12 heteroatoms. The number of aryl methyl sites for hydroxylation is 1. The number of carbonyl (C=O) groups excluding carboxylic acids is 2. The van der Waals surface area contributed by atoms with E-state index in [4.69, 9.17) is 4.74 Å². The molecule has 0 bridgehead atoms. The number of pyridine rings is 1. The minimum atomic E-state index is -4.51. The van der Waals surface area contributed by atoms with Gasteiger partial charge in [0.05, 0.1) is 17.6 Å². The van der Waals surface area contributed by atoms with Crippen LogP contribution in [0.4, 0.5) is 13.2 Å². The number of alkyl halides is 3. The molecule has 2 heterocycles. The van der Waals surface area contributed by atoms with Crippen LogP contribution in [0.3, 0.4) is 0 Å². The molecule has 0 atom stereocenters. The lowest BCUT2D eigenvalue weighted by Gasteiger charge is -2.22. The molecule has 34 heavy (non-hydrogen) atoms. The van der Waals surface area contributed by atoms with E-state index in [-0.39, 0.29) is 29.9 Å². The normalized spacial score (nSPS) is 11.5. The minimum absolute atomic E-state index is 0.0236. The van der Waals surface area contributed by atoms with Crippen molar-refractivity contribution in [1.82, 2.24) is 19.0 Å². The van der Waals surface area contributed by atoms with E-state index in [1.807, 2.05) is 0 Å². The number of aromatic nitrogens is 3. The zero-order valence-electron chi connectivity index (χ0n) is 18.5. The van der Waals surface area contributed by atoms with E-state index in [0.29, 0.717) is 5.56 Å². The SMILES string of the molecule is CCOC(=O)CN(Cc1ccc(C(F)(F)F)cc1)C(=O)c1ccc2c(=O)n(C)c(=O)n(C)c2n1. The molecule has 0 spiro atoms. The summed E-state index contributed by atoms with van der Waals surface area (Å²) in [4.78, 5) is 55.1. The first-order valence-corrected chi connectivity index (χ1v) is 10.1. The Labute approximate surface area is 191 Å². The summed E-state index contributed by atoms with van der Waals surface area (Å²) < 4.78 is 45.5. The average Bonchev–Trinajstić information content (AvgIpc) is 2.80. The third-order valence-corrected chi connectivity index (χ3v) is 5.09. The highest BCUT2D eigenvalue weighted by Gasteiger charge is 2.30. The highest BCUT2D eigenvalue weighted by atomic mass is 19.4. The van der Waals surface area contributed by atoms with Gasteiger partial charge in [-0.3, -0.25) is 23.5 Å². The quantitative estimate of drug-likeness (QED) is 0.501. The van der Waals surface area contributed by atoms with Crippen molar-refractivity contribution >= 4 is 22.9 Å². The molecule has 0 saturated carbocycles. The van der Waals surface area contributed by atoms with E-state index < -0.39 is 41.4 Å². The second-order valence-electron chi connectivity index (χ2n) is 7.43. The summed E-state index contributed by atoms with van der Waals surface area (Å²) in [7, 11) is 2.71. The molecule has 0 fully saturated rings. The van der Waals surface area contributed by atoms with Gasteiger partial charge in [0.2, 0.25) is 0 Å². The Bertz CT molecular complexity index is 1360. The van der Waals surface area contributed by atoms with Gasteiger partial charge in [-0.05, 0) is 36.8 Å². The van der Waals surface area contributed by atoms with Crippen LogP contribution >= 0.6 is 0 Å². The molecule has 0 unspecified atom stereocenters. The summed E-state index contributed by atoms with van der Waals surface area (Å²) in [5, 5.41) is 0.112. The van der Waals surface area contributed by atoms with Crippen molar-refractivity contribution < 1.29 is 27.5 Å². The third-order valence-electron chi connectivity index (χ3n) is 5.09. The van der Waals surface area contributed by atoms with Gasteiger partial charge in [-0.15, -0.1) is 0 Å². The Balaban J connectivity index is 1.99. The number of hydrogen-bond acceptors (Lipinski definition) is 6. The Hall–Kier alpha value is -3.96. The number of esters is 1. The van der Waals surface area contributed by atoms with E-state index >= 15 is 0 Å². The first-order chi connectivity index (χ1) is 15.9. The van der Waals surface area contributed by atoms with Crippen LogP contribution in [-0.4, -0.2) is 44.0 Å². The van der Waals surface area contributed by atoms with E-state index in [0.717, 1.165) is 26.2 Å². The van der Waals surface area contributed by atoms with Crippen LogP contribution in [0, 0.1) is 0 Å². The lowest BCUT2D eigenvalue weighted by molar-refractivity contribution is -0.144. The Morgan fingerprint density at radius 1 is 1.03 bits per heavy atom. The summed E-state index contributed by atoms with van der Waals surface area (Å²) >= 11 is 0. The first-order valence-electron chi connectivity index (χ1n) is 10.1. The fourth-order valence-electron chi connectivity index (χ4n) is 3.32. The van der Waals surface area contributed by atoms with E-state index in [1.54, 1.807) is 6.92 Å². The van der Waals surface area contributed by atoms with Gasteiger partial charge in [0, 0.05) is 20.6 Å². The zero-order valence-corrected chi connectivity index (χ0v) is 18.5. The number of nitrogens with zero attached hydrogens (tertiary/aromatic N) is 4. The highest BCUT2D eigenvalue weighted by Crippen LogP contribution is 2.29. The molecule has 1 amide bonds. The fraction of sp³-hybridized carbons (Fsp3) is 0.318. The molecule has 9 nitrogen and oxygen atoms in total. The van der Waals surface area contributed by atoms with Crippen molar-refractivity contribution in [3.8, 4) is 0 Å². The van der Waals surface area contributed by atoms with Crippen molar-refractivity contribution in [2.75, 3.05) is 13.2 Å². The second kappa shape index (κ2) is 9.49. The van der Waals surface area contributed by atoms with Crippen LogP contribution in [0.5, 0.6) is 0 Å². The Morgan fingerprint density at radius 3 is 2.26 bits per heavy atom. The van der Waals surface area contributed by atoms with Gasteiger partial charge in [-0.1, -0.05) is 12.1 Å². The molecule has 0 aliphatic carbocycles. The predicted molar refractivity (Wildman–Crippen MR) is 115 cm³/mol. The number of benzene rings is 1. The molecule has 180 valence electrons. The maximum Gasteiger partial charge on any atom is 0.416 e. The molecule has 0 N–H and O–H groups in total. The molecule has 0 aliphatic heterocycles. The number of ether oxygens (including phenoxy) is 1. The number of fused-ring (bicyclic) bond motifs is 1. The predicted octanol–water partition coefficient (Wildman–Crippen LogP) is 1.86. The van der Waals surface area contributed by atoms with Crippen molar-refractivity contribution in [3.05, 3.63) is 74.1 Å². The van der Waals surface area contributed by atoms with Crippen LogP contribution in [-0.2, 0) is 36.3 Å². The molecule has 3 rings (SSSR count). The Kier molecular flexibility index (Phi) is 6.89. The first kappa shape index (κ1) is 24.7. The number of halogens is 3. The van der Waals surface area contributed by atoms with Crippen molar-refractivity contribution in [2.45, 2.75) is 19.6 Å². The van der Waals surface area contributed by atoms with Gasteiger partial charge in [-0.2, -0.15) is 13.2 Å². The van der Waals surface area contributed by atoms with Crippen LogP contribution in [0.15, 0.2) is 46.0 Å². The summed E-state index contributed by atoms with van der Waals surface area (Å²) in [6, 6.07) is 6.79. The molecular weight excluding hydrogens is 457 g/mol. The fourth-order valence-corrected chi connectivity index (χ4v) is 3.32. The van der Waals surface area contributed by atoms with Crippen molar-refractivity contribution in [1.29, 1.82) is 0 Å². The van der Waals surface area contributed by atoms with Gasteiger partial charge in [0.1, 0.15) is 17.9 Å². The monoisotopic (exact) mass is 478 g/mol. The van der Waals surface area contributed by atoms with E-state index in [1.165, 1.54) is 38.4 Å². The van der Waals surface area contributed by atoms with Gasteiger partial charge in [0.25, 0.3) is 11.5 Å². The van der Waals surface area contributed by atoms with Gasteiger partial charge >= 0.3 is 17.8 Å². The lowest BCUT2D eigenvalue weighted by Crippen LogP contribution is -2.38. The summed E-state index contributed by atoms with van der Waals surface area (Å²) in [6.07, 6.45) is -4.51. The van der Waals surface area contributed by atoms with Gasteiger partial charge < -0.3 is 9.64 Å². The Morgan fingerprint density at radius 2 is 1.68 bits per heavy atom. The standard InChI is InChI=1S/C22H21F3N4O5/c1-4-34-17(30)12-29(11-13-5-7-14(8-6-13)22(23,24)25)20(32)16-10-9-15-18(26-16)27(2)21(33)28(3)19(15)31/h5-10H,4,11-12H2,1-3H3. The van der Waals surface area contributed by atoms with Crippen LogP contribution in [0.25, 0.3) is 11.0 Å². The lowest BCUT2D eigenvalue weighted by atomic mass is 10.1. The molecule has 0 aliphatic rings. The topological polar surface area (TPSA) is 104 Å². The van der Waals surface area contributed by atoms with Gasteiger partial charge in [0.15, 0.2) is 0 Å². The number of hydrogen-bond donors (Lipinski definition) is 0. The second-order valence-corrected chi connectivity index (χ2v) is 7.43. The molecule has 3 aromatic rings. The largest absolute Gasteiger partial charge is 0.465 e. The van der Waals surface area contributed by atoms with Gasteiger partial charge in [-0.25, -0.2) is 9.78 Å². The highest BCUT2D eigenvalue weighted by molar-refractivity contribution is 5.96. The molecular formula is C22H21F3N4O5. The zero-order chi connectivity index (χ0) is 25.2. The average molecular weight is 478 g/mol. The van der Waals surface area contributed by atoms with Crippen LogP contribution < -0.4 is 11.2 Å². The smallest absolute Gasteiger partial charge is 0.416 e. The number of carbonyl (C=O) groups is 2. The maximum absolute atomic E-state index is 13.2. The van der Waals surface area contributed by atoms with Crippen molar-refractivity contribution in [3.63, 3.8) is 0 Å². The number of amides is 1. The molecule has 2 aromatic heterocycles. The van der Waals surface area contributed by atoms with Crippen LogP contribution in [0.2, 0.25) is 0 Å². The van der Waals surface area contributed by atoms with E-state index in [9.17, 15) is 32.3 Å². The number of rotatable bonds is 6. The minimum Gasteiger partial charge on any atom is -0.465 e. The third kappa shape index (κ3) is 5.00. The summed E-state index contributed by atoms with van der Waals surface area (Å²) in [6.45, 7) is 0.973. The summed E-state index contributed by atoms with van der Waals surface area (Å²) in [5.74, 6) is -1.45. The van der Waals surface area contributed by atoms with Crippen molar-refractivity contribution in [2.24, 2.45) is 14.1 Å². The van der Waals surface area contributed by atoms with E-state index in [2.05, 4.69) is 4.98 Å². The molecule has 0 saturated heterocycles. The van der Waals surface area contributed by atoms with Crippen LogP contribution in [0.1, 0.15) is 28.5 Å².